The van der Waals surface area contributed by atoms with Gasteiger partial charge in [-0.1, -0.05) is 23.4 Å². The van der Waals surface area contributed by atoms with E-state index in [0.29, 0.717) is 11.2 Å². The van der Waals surface area contributed by atoms with Gasteiger partial charge in [-0.25, -0.2) is 14.2 Å². The van der Waals surface area contributed by atoms with Crippen molar-refractivity contribution in [3.05, 3.63) is 65.1 Å². The summed E-state index contributed by atoms with van der Waals surface area (Å²) in [7, 11) is 0. The molecule has 0 saturated carbocycles. The Hall–Kier alpha value is -3.05. The second-order valence-electron chi connectivity index (χ2n) is 5.90. The zero-order valence-corrected chi connectivity index (χ0v) is 17.2. The van der Waals surface area contributed by atoms with Gasteiger partial charge in [0.15, 0.2) is 5.16 Å². The fraction of sp³-hybridized carbons (Fsp3) is 0.105. The molecule has 2 amide bonds. The summed E-state index contributed by atoms with van der Waals surface area (Å²) in [6, 6.07) is 7.09. The van der Waals surface area contributed by atoms with Crippen LogP contribution in [0, 0.1) is 5.82 Å². The van der Waals surface area contributed by atoms with E-state index in [9.17, 15) is 22.4 Å². The number of aromatic nitrogens is 2. The first-order valence-corrected chi connectivity index (χ1v) is 10.0. The smallest absolute Gasteiger partial charge is 0.417 e. The van der Waals surface area contributed by atoms with Crippen molar-refractivity contribution < 1.29 is 27.1 Å². The van der Waals surface area contributed by atoms with E-state index < -0.39 is 28.6 Å². The molecule has 0 radical (unpaired) electrons. The van der Waals surface area contributed by atoms with Crippen molar-refractivity contribution in [2.45, 2.75) is 11.3 Å². The number of benzene rings is 2. The number of alkyl halides is 3. The molecule has 0 aliphatic carbocycles. The molecule has 12 heteroatoms. The number of rotatable bonds is 5. The molecule has 2 aromatic carbocycles. The average molecular weight is 473 g/mol. The van der Waals surface area contributed by atoms with Gasteiger partial charge in [-0.15, -0.1) is 0 Å². The van der Waals surface area contributed by atoms with E-state index in [1.807, 2.05) is 0 Å². The summed E-state index contributed by atoms with van der Waals surface area (Å²) in [5.74, 6) is -0.485. The summed E-state index contributed by atoms with van der Waals surface area (Å²) in [5.41, 5.74) is -1.47. The van der Waals surface area contributed by atoms with E-state index in [4.69, 9.17) is 16.3 Å². The highest BCUT2D eigenvalue weighted by Gasteiger charge is 2.33. The first-order chi connectivity index (χ1) is 14.7. The van der Waals surface area contributed by atoms with Gasteiger partial charge in [-0.2, -0.15) is 18.2 Å². The summed E-state index contributed by atoms with van der Waals surface area (Å²) in [6.07, 6.45) is -1.41. The molecule has 2 N–H and O–H groups in total. The lowest BCUT2D eigenvalue weighted by Gasteiger charge is -2.13. The van der Waals surface area contributed by atoms with Gasteiger partial charge >= 0.3 is 12.2 Å². The van der Waals surface area contributed by atoms with E-state index in [2.05, 4.69) is 20.6 Å². The van der Waals surface area contributed by atoms with Crippen LogP contribution in [0.25, 0.3) is 0 Å². The van der Waals surface area contributed by atoms with Crippen molar-refractivity contribution in [2.75, 3.05) is 16.9 Å². The number of urea groups is 1. The molecule has 0 atom stereocenters. The van der Waals surface area contributed by atoms with Crippen molar-refractivity contribution in [3.8, 4) is 11.6 Å². The highest BCUT2D eigenvalue weighted by molar-refractivity contribution is 7.98. The van der Waals surface area contributed by atoms with Crippen LogP contribution in [0.15, 0.2) is 53.8 Å². The van der Waals surface area contributed by atoms with Crippen molar-refractivity contribution >= 4 is 40.8 Å². The van der Waals surface area contributed by atoms with E-state index in [1.54, 1.807) is 6.26 Å². The first kappa shape index (κ1) is 22.6. The zero-order valence-electron chi connectivity index (χ0n) is 15.6. The minimum Gasteiger partial charge on any atom is -0.439 e. The minimum atomic E-state index is -4.69. The summed E-state index contributed by atoms with van der Waals surface area (Å²) >= 11 is 6.85. The van der Waals surface area contributed by atoms with E-state index in [0.717, 1.165) is 12.1 Å². The Morgan fingerprint density at radius 3 is 2.58 bits per heavy atom. The SMILES string of the molecule is CSc1nccc(Oc2ccc(NC(=O)Nc3ccc(Cl)c(C(F)(F)F)c3)c(F)c2)n1. The Kier molecular flexibility index (Phi) is 6.86. The van der Waals surface area contributed by atoms with E-state index >= 15 is 0 Å². The largest absolute Gasteiger partial charge is 0.439 e. The summed E-state index contributed by atoms with van der Waals surface area (Å²) in [6.45, 7) is 0. The standard InChI is InChI=1S/C19H13ClF4N4O2S/c1-31-18-25-7-6-16(28-18)30-11-3-5-15(14(21)9-11)27-17(29)26-10-2-4-13(20)12(8-10)19(22,23)24/h2-9H,1H3,(H2,26,27,29). The molecule has 0 fully saturated rings. The predicted molar refractivity (Wildman–Crippen MR) is 109 cm³/mol. The molecule has 31 heavy (non-hydrogen) atoms. The van der Waals surface area contributed by atoms with E-state index in [-0.39, 0.29) is 23.0 Å². The lowest BCUT2D eigenvalue weighted by Crippen LogP contribution is -2.20. The first-order valence-electron chi connectivity index (χ1n) is 8.45. The quantitative estimate of drug-likeness (QED) is 0.254. The summed E-state index contributed by atoms with van der Waals surface area (Å²) in [5, 5.41) is 4.39. The number of halogens is 5. The fourth-order valence-corrected chi connectivity index (χ4v) is 2.94. The topological polar surface area (TPSA) is 76.1 Å². The number of nitrogens with zero attached hydrogens (tertiary/aromatic N) is 2. The maximum atomic E-state index is 14.3. The number of carbonyl (C=O) groups is 1. The van der Waals surface area contributed by atoms with E-state index in [1.165, 1.54) is 42.2 Å². The number of nitrogens with one attached hydrogen (secondary N) is 2. The number of hydrogen-bond acceptors (Lipinski definition) is 5. The molecule has 1 aromatic heterocycles. The van der Waals surface area contributed by atoms with Gasteiger partial charge in [-0.05, 0) is 36.6 Å². The maximum Gasteiger partial charge on any atom is 0.417 e. The van der Waals surface area contributed by atoms with Crippen molar-refractivity contribution in [2.24, 2.45) is 0 Å². The Bertz CT molecular complexity index is 1110. The Labute approximate surface area is 183 Å². The molecular formula is C19H13ClF4N4O2S. The maximum absolute atomic E-state index is 14.3. The van der Waals surface area contributed by atoms with Crippen LogP contribution in [0.3, 0.4) is 0 Å². The molecule has 0 unspecified atom stereocenters. The Morgan fingerprint density at radius 1 is 1.13 bits per heavy atom. The fourth-order valence-electron chi connectivity index (χ4n) is 2.37. The molecule has 0 saturated heterocycles. The molecular weight excluding hydrogens is 460 g/mol. The van der Waals surface area contributed by atoms with Crippen LogP contribution in [0.2, 0.25) is 5.02 Å². The predicted octanol–water partition coefficient (Wildman–Crippen LogP) is 6.45. The van der Waals surface area contributed by atoms with Crippen molar-refractivity contribution in [3.63, 3.8) is 0 Å². The minimum absolute atomic E-state index is 0.127. The van der Waals surface area contributed by atoms with Gasteiger partial charge in [0.1, 0.15) is 11.6 Å². The van der Waals surface area contributed by atoms with Crippen LogP contribution in [-0.2, 0) is 6.18 Å². The van der Waals surface area contributed by atoms with Gasteiger partial charge in [0.05, 0.1) is 16.3 Å². The molecule has 6 nitrogen and oxygen atoms in total. The van der Waals surface area contributed by atoms with Crippen LogP contribution < -0.4 is 15.4 Å². The van der Waals surface area contributed by atoms with Crippen LogP contribution in [-0.4, -0.2) is 22.3 Å². The highest BCUT2D eigenvalue weighted by atomic mass is 35.5. The molecule has 3 aromatic rings. The van der Waals surface area contributed by atoms with Crippen molar-refractivity contribution in [1.29, 1.82) is 0 Å². The number of anilines is 2. The van der Waals surface area contributed by atoms with Crippen LogP contribution in [0.4, 0.5) is 33.7 Å². The van der Waals surface area contributed by atoms with Gasteiger partial charge in [0, 0.05) is 24.0 Å². The lowest BCUT2D eigenvalue weighted by atomic mass is 10.2. The third-order valence-electron chi connectivity index (χ3n) is 3.73. The number of thioether (sulfide) groups is 1. The number of amides is 2. The van der Waals surface area contributed by atoms with Gasteiger partial charge in [0.25, 0.3) is 0 Å². The van der Waals surface area contributed by atoms with Crippen LogP contribution in [0.5, 0.6) is 11.6 Å². The van der Waals surface area contributed by atoms with Crippen LogP contribution in [0.1, 0.15) is 5.56 Å². The molecule has 1 heterocycles. The second kappa shape index (κ2) is 9.40. The molecule has 0 aliphatic rings. The Morgan fingerprint density at radius 2 is 1.90 bits per heavy atom. The monoisotopic (exact) mass is 472 g/mol. The van der Waals surface area contributed by atoms with Gasteiger partial charge < -0.3 is 15.4 Å². The van der Waals surface area contributed by atoms with Crippen LogP contribution >= 0.6 is 23.4 Å². The third-order valence-corrected chi connectivity index (χ3v) is 4.62. The van der Waals surface area contributed by atoms with Gasteiger partial charge in [-0.3, -0.25) is 0 Å². The summed E-state index contributed by atoms with van der Waals surface area (Å²) in [4.78, 5) is 20.2. The Balaban J connectivity index is 1.68. The normalized spacial score (nSPS) is 11.2. The molecule has 0 bridgehead atoms. The number of carbonyl (C=O) groups excluding carboxylic acids is 1. The summed E-state index contributed by atoms with van der Waals surface area (Å²) < 4.78 is 58.6. The van der Waals surface area contributed by atoms with Gasteiger partial charge in [0.2, 0.25) is 5.88 Å². The molecule has 162 valence electrons. The highest BCUT2D eigenvalue weighted by Crippen LogP contribution is 2.36. The third kappa shape index (κ3) is 5.98. The average Bonchev–Trinajstić information content (AvgIpc) is 2.71. The second-order valence-corrected chi connectivity index (χ2v) is 7.08. The molecule has 0 aliphatic heterocycles. The molecule has 3 rings (SSSR count). The number of hydrogen-bond donors (Lipinski definition) is 2. The molecule has 0 spiro atoms. The van der Waals surface area contributed by atoms with Crippen molar-refractivity contribution in [1.82, 2.24) is 9.97 Å². The lowest BCUT2D eigenvalue weighted by molar-refractivity contribution is -0.137. The number of ether oxygens (including phenoxy) is 1. The zero-order chi connectivity index (χ0) is 22.6.